The van der Waals surface area contributed by atoms with Crippen molar-refractivity contribution in [1.29, 1.82) is 0 Å². The van der Waals surface area contributed by atoms with Crippen molar-refractivity contribution in [2.24, 2.45) is 0 Å². The van der Waals surface area contributed by atoms with Gasteiger partial charge in [-0.2, -0.15) is 0 Å². The van der Waals surface area contributed by atoms with Crippen LogP contribution in [0.2, 0.25) is 0 Å². The number of methoxy groups -OCH3 is 2. The Kier molecular flexibility index (Phi) is 6.10. The molecule has 2 rings (SSSR count). The van der Waals surface area contributed by atoms with Crippen LogP contribution in [0.15, 0.2) is 12.1 Å². The van der Waals surface area contributed by atoms with E-state index in [-0.39, 0.29) is 5.91 Å². The average Bonchev–Trinajstić information content (AvgIpc) is 2.60. The molecule has 1 aliphatic heterocycles. The summed E-state index contributed by atoms with van der Waals surface area (Å²) in [4.78, 5) is 16.7. The highest BCUT2D eigenvalue weighted by Crippen LogP contribution is 2.32. The maximum Gasteiger partial charge on any atom is 0.222 e. The van der Waals surface area contributed by atoms with Crippen LogP contribution in [0.3, 0.4) is 0 Å². The van der Waals surface area contributed by atoms with E-state index in [1.54, 1.807) is 20.3 Å². The number of rotatable bonds is 6. The predicted molar refractivity (Wildman–Crippen MR) is 91.0 cm³/mol. The molecule has 0 spiro atoms. The van der Waals surface area contributed by atoms with Gasteiger partial charge in [-0.1, -0.05) is 6.92 Å². The number of ether oxygens (including phenoxy) is 2. The first-order chi connectivity index (χ1) is 11.1. The monoisotopic (exact) mass is 321 g/mol. The largest absolute Gasteiger partial charge is 0.493 e. The highest BCUT2D eigenvalue weighted by molar-refractivity contribution is 5.77. The molecule has 0 radical (unpaired) electrons. The summed E-state index contributed by atoms with van der Waals surface area (Å²) in [6.45, 7) is 6.74. The summed E-state index contributed by atoms with van der Waals surface area (Å²) >= 11 is 0. The van der Waals surface area contributed by atoms with Gasteiger partial charge in [0.1, 0.15) is 0 Å². The second-order valence-electron chi connectivity index (χ2n) is 5.72. The van der Waals surface area contributed by atoms with Gasteiger partial charge in [-0.25, -0.2) is 0 Å². The lowest BCUT2D eigenvalue weighted by Gasteiger charge is -2.34. The smallest absolute Gasteiger partial charge is 0.222 e. The van der Waals surface area contributed by atoms with E-state index < -0.39 is 0 Å². The Labute approximate surface area is 138 Å². The van der Waals surface area contributed by atoms with Crippen LogP contribution < -0.4 is 15.2 Å². The lowest BCUT2D eigenvalue weighted by atomic mass is 10.1. The lowest BCUT2D eigenvalue weighted by molar-refractivity contribution is -0.132. The molecular weight excluding hydrogens is 294 g/mol. The lowest BCUT2D eigenvalue weighted by Crippen LogP contribution is -2.48. The molecule has 6 heteroatoms. The van der Waals surface area contributed by atoms with Crippen molar-refractivity contribution in [2.75, 3.05) is 52.7 Å². The number of hydrogen-bond donors (Lipinski definition) is 1. The van der Waals surface area contributed by atoms with Crippen molar-refractivity contribution >= 4 is 11.6 Å². The topological polar surface area (TPSA) is 68.0 Å². The summed E-state index contributed by atoms with van der Waals surface area (Å²) in [6, 6.07) is 3.61. The van der Waals surface area contributed by atoms with E-state index >= 15 is 0 Å². The van der Waals surface area contributed by atoms with Gasteiger partial charge in [0.2, 0.25) is 5.91 Å². The molecule has 0 unspecified atom stereocenters. The third kappa shape index (κ3) is 4.28. The van der Waals surface area contributed by atoms with Gasteiger partial charge in [0.15, 0.2) is 11.5 Å². The Morgan fingerprint density at radius 2 is 1.74 bits per heavy atom. The van der Waals surface area contributed by atoms with Gasteiger partial charge in [0.05, 0.1) is 14.2 Å². The summed E-state index contributed by atoms with van der Waals surface area (Å²) in [6.07, 6.45) is 1.07. The van der Waals surface area contributed by atoms with E-state index in [1.165, 1.54) is 0 Å². The molecule has 1 aromatic rings. The normalized spacial score (nSPS) is 15.5. The molecule has 23 heavy (non-hydrogen) atoms. The van der Waals surface area contributed by atoms with Crippen molar-refractivity contribution in [3.05, 3.63) is 17.7 Å². The van der Waals surface area contributed by atoms with Crippen LogP contribution in [-0.2, 0) is 11.2 Å². The molecule has 0 aromatic heterocycles. The third-order valence-electron chi connectivity index (χ3n) is 4.43. The predicted octanol–water partition coefficient (Wildman–Crippen LogP) is 1.38. The molecule has 0 aliphatic carbocycles. The van der Waals surface area contributed by atoms with Crippen LogP contribution in [0.25, 0.3) is 0 Å². The molecule has 1 amide bonds. The number of hydrogen-bond acceptors (Lipinski definition) is 5. The van der Waals surface area contributed by atoms with Gasteiger partial charge >= 0.3 is 0 Å². The zero-order chi connectivity index (χ0) is 16.8. The number of nitrogens with two attached hydrogens (primary N) is 1. The van der Waals surface area contributed by atoms with Gasteiger partial charge in [-0.3, -0.25) is 4.79 Å². The van der Waals surface area contributed by atoms with E-state index in [2.05, 4.69) is 11.8 Å². The first kappa shape index (κ1) is 17.4. The molecule has 0 bridgehead atoms. The molecule has 2 N–H and O–H groups in total. The van der Waals surface area contributed by atoms with Crippen molar-refractivity contribution in [3.63, 3.8) is 0 Å². The van der Waals surface area contributed by atoms with Crippen LogP contribution in [-0.4, -0.2) is 62.7 Å². The van der Waals surface area contributed by atoms with Crippen molar-refractivity contribution in [1.82, 2.24) is 9.80 Å². The zero-order valence-electron chi connectivity index (χ0n) is 14.3. The summed E-state index contributed by atoms with van der Waals surface area (Å²) in [5.74, 6) is 1.44. The van der Waals surface area contributed by atoms with Crippen LogP contribution >= 0.6 is 0 Å². The summed E-state index contributed by atoms with van der Waals surface area (Å²) < 4.78 is 10.5. The number of aryl methyl sites for hydroxylation is 1. The molecule has 1 heterocycles. The standard InChI is InChI=1S/C17H27N3O3/c1-4-19-7-9-20(10-8-19)17(21)6-5-13-11-15(22-2)16(23-3)12-14(13)18/h11-12H,4-10,18H2,1-3H3. The number of nitrogen functional groups attached to an aromatic ring is 1. The summed E-state index contributed by atoms with van der Waals surface area (Å²) in [7, 11) is 3.17. The van der Waals surface area contributed by atoms with Gasteiger partial charge in [0, 0.05) is 44.4 Å². The number of amides is 1. The Bertz CT molecular complexity index is 540. The molecule has 0 saturated carbocycles. The molecule has 0 atom stereocenters. The summed E-state index contributed by atoms with van der Waals surface area (Å²) in [5.41, 5.74) is 7.60. The minimum absolute atomic E-state index is 0.190. The number of nitrogens with zero attached hydrogens (tertiary/aromatic N) is 2. The van der Waals surface area contributed by atoms with Crippen molar-refractivity contribution in [2.45, 2.75) is 19.8 Å². The fourth-order valence-corrected chi connectivity index (χ4v) is 2.87. The van der Waals surface area contributed by atoms with Crippen LogP contribution in [0.5, 0.6) is 11.5 Å². The minimum Gasteiger partial charge on any atom is -0.493 e. The average molecular weight is 321 g/mol. The molecule has 1 aromatic carbocycles. The Morgan fingerprint density at radius 1 is 1.13 bits per heavy atom. The van der Waals surface area contributed by atoms with Crippen LogP contribution in [0.4, 0.5) is 5.69 Å². The SMILES string of the molecule is CCN1CCN(C(=O)CCc2cc(OC)c(OC)cc2N)CC1. The van der Waals surface area contributed by atoms with E-state index in [4.69, 9.17) is 15.2 Å². The minimum atomic E-state index is 0.190. The second-order valence-corrected chi connectivity index (χ2v) is 5.72. The molecular formula is C17H27N3O3. The maximum atomic E-state index is 12.4. The molecule has 6 nitrogen and oxygen atoms in total. The number of piperazine rings is 1. The molecule has 1 saturated heterocycles. The van der Waals surface area contributed by atoms with Gasteiger partial charge in [-0.05, 0) is 24.6 Å². The van der Waals surface area contributed by atoms with Gasteiger partial charge in [0.25, 0.3) is 0 Å². The highest BCUT2D eigenvalue weighted by atomic mass is 16.5. The Hall–Kier alpha value is -1.95. The fourth-order valence-electron chi connectivity index (χ4n) is 2.87. The van der Waals surface area contributed by atoms with E-state index in [9.17, 15) is 4.79 Å². The number of carbonyl (C=O) groups is 1. The fraction of sp³-hybridized carbons (Fsp3) is 0.588. The van der Waals surface area contributed by atoms with E-state index in [1.807, 2.05) is 11.0 Å². The highest BCUT2D eigenvalue weighted by Gasteiger charge is 2.20. The van der Waals surface area contributed by atoms with E-state index in [0.29, 0.717) is 30.0 Å². The Morgan fingerprint density at radius 3 is 2.30 bits per heavy atom. The first-order valence-electron chi connectivity index (χ1n) is 8.09. The number of carbonyl (C=O) groups excluding carboxylic acids is 1. The number of benzene rings is 1. The molecule has 1 aliphatic rings. The Balaban J connectivity index is 1.94. The van der Waals surface area contributed by atoms with Crippen molar-refractivity contribution in [3.8, 4) is 11.5 Å². The molecule has 1 fully saturated rings. The van der Waals surface area contributed by atoms with Crippen molar-refractivity contribution < 1.29 is 14.3 Å². The van der Waals surface area contributed by atoms with Gasteiger partial charge in [-0.15, -0.1) is 0 Å². The van der Waals surface area contributed by atoms with Crippen LogP contribution in [0.1, 0.15) is 18.9 Å². The maximum absolute atomic E-state index is 12.4. The summed E-state index contributed by atoms with van der Waals surface area (Å²) in [5, 5.41) is 0. The first-order valence-corrected chi connectivity index (χ1v) is 8.09. The number of anilines is 1. The zero-order valence-corrected chi connectivity index (χ0v) is 14.3. The van der Waals surface area contributed by atoms with Crippen LogP contribution in [0, 0.1) is 0 Å². The second kappa shape index (κ2) is 8.06. The van der Waals surface area contributed by atoms with Gasteiger partial charge < -0.3 is 25.0 Å². The van der Waals surface area contributed by atoms with E-state index in [0.717, 1.165) is 38.3 Å². The number of likely N-dealkylation sites (N-methyl/N-ethyl adjacent to an activating group) is 1. The quantitative estimate of drug-likeness (QED) is 0.802. The molecule has 128 valence electrons. The third-order valence-corrected chi connectivity index (χ3v) is 4.43.